The van der Waals surface area contributed by atoms with Crippen molar-refractivity contribution in [3.05, 3.63) is 54.4 Å². The fourth-order valence-corrected chi connectivity index (χ4v) is 2.39. The molecule has 0 bridgehead atoms. The number of aromatic nitrogens is 5. The molecular weight excluding hydrogens is 299 g/mol. The highest BCUT2D eigenvalue weighted by Gasteiger charge is 2.16. The number of furan rings is 1. The molecule has 0 amide bonds. The maximum absolute atomic E-state index is 13.7. The third-order valence-corrected chi connectivity index (χ3v) is 3.42. The lowest BCUT2D eigenvalue weighted by atomic mass is 10.2. The van der Waals surface area contributed by atoms with Gasteiger partial charge >= 0.3 is 0 Å². The van der Waals surface area contributed by atoms with Gasteiger partial charge in [0.15, 0.2) is 11.4 Å². The van der Waals surface area contributed by atoms with Crippen LogP contribution in [0.4, 0.5) is 10.3 Å². The molecule has 0 unspecified atom stereocenters. The number of nitrogens with zero attached hydrogens (tertiary/aromatic N) is 5. The summed E-state index contributed by atoms with van der Waals surface area (Å²) in [4.78, 5) is 12.1. The van der Waals surface area contributed by atoms with Crippen molar-refractivity contribution in [2.75, 3.05) is 5.73 Å². The average Bonchev–Trinajstić information content (AvgIpc) is 3.19. The summed E-state index contributed by atoms with van der Waals surface area (Å²) in [6, 6.07) is 6.85. The highest BCUT2D eigenvalue weighted by atomic mass is 19.1. The smallest absolute Gasteiger partial charge is 0.222 e. The Hall–Kier alpha value is -3.29. The molecule has 0 aromatic carbocycles. The monoisotopic (exact) mass is 310 g/mol. The van der Waals surface area contributed by atoms with E-state index in [0.717, 1.165) is 0 Å². The first-order chi connectivity index (χ1) is 11.2. The quantitative estimate of drug-likeness (QED) is 0.583. The van der Waals surface area contributed by atoms with E-state index < -0.39 is 5.95 Å². The summed E-state index contributed by atoms with van der Waals surface area (Å²) in [6.45, 7) is 0.192. The lowest BCUT2D eigenvalue weighted by molar-refractivity contribution is 0.552. The fraction of sp³-hybridized carbons (Fsp3) is 0.0667. The Morgan fingerprint density at radius 2 is 2.13 bits per heavy atom. The van der Waals surface area contributed by atoms with Crippen molar-refractivity contribution < 1.29 is 8.81 Å². The first-order valence-corrected chi connectivity index (χ1v) is 6.84. The van der Waals surface area contributed by atoms with E-state index in [0.29, 0.717) is 28.1 Å². The predicted octanol–water partition coefficient (Wildman–Crippen LogP) is 2.25. The van der Waals surface area contributed by atoms with Gasteiger partial charge in [-0.2, -0.15) is 14.5 Å². The van der Waals surface area contributed by atoms with Crippen molar-refractivity contribution in [1.29, 1.82) is 0 Å². The fourth-order valence-electron chi connectivity index (χ4n) is 2.39. The van der Waals surface area contributed by atoms with Gasteiger partial charge in [0.05, 0.1) is 24.4 Å². The third-order valence-electron chi connectivity index (χ3n) is 3.42. The van der Waals surface area contributed by atoms with E-state index in [1.165, 1.54) is 6.20 Å². The van der Waals surface area contributed by atoms with Crippen molar-refractivity contribution in [3.63, 3.8) is 0 Å². The predicted molar refractivity (Wildman–Crippen MR) is 80.7 cm³/mol. The highest BCUT2D eigenvalue weighted by molar-refractivity contribution is 5.89. The lowest BCUT2D eigenvalue weighted by Gasteiger charge is -2.05. The Morgan fingerprint density at radius 1 is 1.22 bits per heavy atom. The molecule has 7 nitrogen and oxygen atoms in total. The maximum Gasteiger partial charge on any atom is 0.222 e. The summed E-state index contributed by atoms with van der Waals surface area (Å²) >= 11 is 0. The Balaban J connectivity index is 1.85. The van der Waals surface area contributed by atoms with Gasteiger partial charge in [-0.3, -0.25) is 0 Å². The summed E-state index contributed by atoms with van der Waals surface area (Å²) in [5, 5.41) is 4.94. The van der Waals surface area contributed by atoms with Gasteiger partial charge < -0.3 is 10.2 Å². The van der Waals surface area contributed by atoms with Crippen LogP contribution in [0.3, 0.4) is 0 Å². The van der Waals surface area contributed by atoms with Gasteiger partial charge in [0, 0.05) is 11.8 Å². The van der Waals surface area contributed by atoms with Gasteiger partial charge in [0.1, 0.15) is 5.69 Å². The summed E-state index contributed by atoms with van der Waals surface area (Å²) in [5.74, 6) is 0.123. The van der Waals surface area contributed by atoms with E-state index in [4.69, 9.17) is 10.2 Å². The Labute approximate surface area is 129 Å². The molecule has 0 aliphatic heterocycles. The summed E-state index contributed by atoms with van der Waals surface area (Å²) in [5.41, 5.74) is 7.26. The van der Waals surface area contributed by atoms with Crippen molar-refractivity contribution in [2.45, 2.75) is 6.54 Å². The molecule has 0 atom stereocenters. The van der Waals surface area contributed by atoms with Crippen LogP contribution in [0, 0.1) is 5.95 Å². The number of hydrogen-bond donors (Lipinski definition) is 1. The molecule has 0 aliphatic carbocycles. The summed E-state index contributed by atoms with van der Waals surface area (Å²) in [6.07, 6.45) is 4.56. The average molecular weight is 310 g/mol. The normalized spacial score (nSPS) is 11.2. The molecule has 0 aliphatic rings. The van der Waals surface area contributed by atoms with Crippen LogP contribution in [0.15, 0.2) is 47.3 Å². The van der Waals surface area contributed by atoms with Gasteiger partial charge in [-0.15, -0.1) is 0 Å². The number of pyridine rings is 1. The molecule has 4 heterocycles. The van der Waals surface area contributed by atoms with E-state index in [1.54, 1.807) is 41.4 Å². The second-order valence-corrected chi connectivity index (χ2v) is 4.90. The van der Waals surface area contributed by atoms with Crippen molar-refractivity contribution in [1.82, 2.24) is 24.7 Å². The molecule has 0 spiro atoms. The second-order valence-electron chi connectivity index (χ2n) is 4.90. The largest absolute Gasteiger partial charge is 0.463 e. The zero-order valence-corrected chi connectivity index (χ0v) is 11.8. The molecule has 0 saturated carbocycles. The molecular formula is C15H11FN6O. The van der Waals surface area contributed by atoms with Crippen LogP contribution in [0.5, 0.6) is 0 Å². The van der Waals surface area contributed by atoms with E-state index >= 15 is 0 Å². The zero-order valence-electron chi connectivity index (χ0n) is 11.8. The van der Waals surface area contributed by atoms with Gasteiger partial charge in [-0.05, 0) is 18.2 Å². The molecule has 4 rings (SSSR count). The van der Waals surface area contributed by atoms with Gasteiger partial charge in [0.2, 0.25) is 11.9 Å². The molecule has 4 aromatic rings. The highest BCUT2D eigenvalue weighted by Crippen LogP contribution is 2.27. The van der Waals surface area contributed by atoms with Crippen LogP contribution in [0.2, 0.25) is 0 Å². The van der Waals surface area contributed by atoms with Gasteiger partial charge in [-0.1, -0.05) is 6.07 Å². The van der Waals surface area contributed by atoms with E-state index in [1.807, 2.05) is 0 Å². The van der Waals surface area contributed by atoms with E-state index in [-0.39, 0.29) is 12.5 Å². The molecule has 23 heavy (non-hydrogen) atoms. The number of rotatable bonds is 3. The van der Waals surface area contributed by atoms with Gasteiger partial charge in [-0.25, -0.2) is 14.6 Å². The van der Waals surface area contributed by atoms with Crippen LogP contribution in [-0.2, 0) is 6.54 Å². The summed E-state index contributed by atoms with van der Waals surface area (Å²) in [7, 11) is 0. The molecule has 114 valence electrons. The number of nitrogens with two attached hydrogens (primary N) is 1. The minimum atomic E-state index is -0.538. The minimum absolute atomic E-state index is 0.0947. The topological polar surface area (TPSA) is 95.7 Å². The number of fused-ring (bicyclic) bond motifs is 1. The molecule has 8 heteroatoms. The Kier molecular flexibility index (Phi) is 3.00. The number of halogens is 1. The first kappa shape index (κ1) is 13.4. The van der Waals surface area contributed by atoms with Crippen LogP contribution in [0.25, 0.3) is 22.5 Å². The molecule has 0 saturated heterocycles. The van der Waals surface area contributed by atoms with E-state index in [9.17, 15) is 4.39 Å². The van der Waals surface area contributed by atoms with Crippen LogP contribution < -0.4 is 5.73 Å². The van der Waals surface area contributed by atoms with Crippen molar-refractivity contribution in [2.24, 2.45) is 0 Å². The maximum atomic E-state index is 13.7. The first-order valence-electron chi connectivity index (χ1n) is 6.84. The number of hydrogen-bond acceptors (Lipinski definition) is 6. The van der Waals surface area contributed by atoms with Crippen LogP contribution >= 0.6 is 0 Å². The third kappa shape index (κ3) is 2.30. The van der Waals surface area contributed by atoms with E-state index in [2.05, 4.69) is 20.1 Å². The number of nitrogen functional groups attached to an aromatic ring is 1. The van der Waals surface area contributed by atoms with Crippen LogP contribution in [-0.4, -0.2) is 24.7 Å². The molecule has 0 radical (unpaired) electrons. The Bertz CT molecular complexity index is 979. The standard InChI is InChI=1S/C15H11FN6O/c16-13-9(3-1-5-18-13)8-22-14-10(7-19-22)12(20-15(17)21-14)11-4-2-6-23-11/h1-7H,8H2,(H2,17,20,21). The van der Waals surface area contributed by atoms with Gasteiger partial charge in [0.25, 0.3) is 0 Å². The molecule has 2 N–H and O–H groups in total. The number of anilines is 1. The molecule has 4 aromatic heterocycles. The zero-order chi connectivity index (χ0) is 15.8. The van der Waals surface area contributed by atoms with Crippen molar-refractivity contribution >= 4 is 17.0 Å². The summed E-state index contributed by atoms with van der Waals surface area (Å²) < 4.78 is 20.7. The second kappa shape index (κ2) is 5.16. The lowest BCUT2D eigenvalue weighted by Crippen LogP contribution is -2.07. The SMILES string of the molecule is Nc1nc(-c2ccco2)c2cnn(Cc3cccnc3F)c2n1. The molecule has 0 fully saturated rings. The van der Waals surface area contributed by atoms with Crippen LogP contribution in [0.1, 0.15) is 5.56 Å². The Morgan fingerprint density at radius 3 is 2.91 bits per heavy atom. The van der Waals surface area contributed by atoms with Crippen molar-refractivity contribution in [3.8, 4) is 11.5 Å². The minimum Gasteiger partial charge on any atom is -0.463 e.